The molecule has 0 fully saturated rings. The van der Waals surface area contributed by atoms with Crippen LogP contribution in [0.3, 0.4) is 0 Å². The summed E-state index contributed by atoms with van der Waals surface area (Å²) in [7, 11) is 0. The molecule has 2 aromatic carbocycles. The van der Waals surface area contributed by atoms with Crippen molar-refractivity contribution in [3.8, 4) is 5.75 Å². The van der Waals surface area contributed by atoms with Crippen LogP contribution < -0.4 is 5.73 Å². The van der Waals surface area contributed by atoms with E-state index in [1.54, 1.807) is 30.5 Å². The molecule has 18 heavy (non-hydrogen) atoms. The van der Waals surface area contributed by atoms with E-state index in [-0.39, 0.29) is 5.75 Å². The number of aromatic hydroxyl groups is 1. The number of benzene rings is 2. The predicted molar refractivity (Wildman–Crippen MR) is 72.9 cm³/mol. The molecule has 0 spiro atoms. The highest BCUT2D eigenvalue weighted by atomic mass is 16.3. The van der Waals surface area contributed by atoms with Crippen LogP contribution in [0.5, 0.6) is 5.75 Å². The molecular formula is C14H13N3O. The van der Waals surface area contributed by atoms with Crippen LogP contribution in [0.15, 0.2) is 64.8 Å². The van der Waals surface area contributed by atoms with Crippen LogP contribution in [-0.4, -0.2) is 17.2 Å². The van der Waals surface area contributed by atoms with E-state index < -0.39 is 0 Å². The van der Waals surface area contributed by atoms with E-state index in [9.17, 15) is 0 Å². The maximum atomic E-state index is 9.13. The highest BCUT2D eigenvalue weighted by Crippen LogP contribution is 2.07. The molecule has 0 unspecified atom stereocenters. The van der Waals surface area contributed by atoms with Gasteiger partial charge in [0, 0.05) is 5.56 Å². The zero-order chi connectivity index (χ0) is 12.8. The van der Waals surface area contributed by atoms with Crippen molar-refractivity contribution in [3.63, 3.8) is 0 Å². The molecule has 0 aliphatic carbocycles. The number of nitrogens with two attached hydrogens (primary N) is 1. The normalized spacial score (nSPS) is 11.9. The molecule has 2 aromatic rings. The number of amidine groups is 1. The van der Waals surface area contributed by atoms with Gasteiger partial charge in [0.2, 0.25) is 0 Å². The number of nitrogens with zero attached hydrogens (tertiary/aromatic N) is 2. The van der Waals surface area contributed by atoms with Crippen LogP contribution in [0, 0.1) is 0 Å². The third kappa shape index (κ3) is 3.18. The summed E-state index contributed by atoms with van der Waals surface area (Å²) in [6, 6.07) is 16.1. The van der Waals surface area contributed by atoms with Gasteiger partial charge < -0.3 is 10.8 Å². The molecule has 0 saturated heterocycles. The molecular weight excluding hydrogens is 226 g/mol. The Hall–Kier alpha value is -2.62. The van der Waals surface area contributed by atoms with E-state index in [1.165, 1.54) is 0 Å². The summed E-state index contributed by atoms with van der Waals surface area (Å²) in [4.78, 5) is 0. The van der Waals surface area contributed by atoms with E-state index in [0.29, 0.717) is 5.84 Å². The van der Waals surface area contributed by atoms with Crippen molar-refractivity contribution in [2.75, 3.05) is 0 Å². The fourth-order valence-corrected chi connectivity index (χ4v) is 1.38. The molecule has 0 saturated carbocycles. The lowest BCUT2D eigenvalue weighted by molar-refractivity contribution is 0.475. The second-order valence-corrected chi connectivity index (χ2v) is 3.69. The molecule has 0 amide bonds. The molecule has 3 N–H and O–H groups in total. The van der Waals surface area contributed by atoms with Crippen LogP contribution in [0.1, 0.15) is 11.1 Å². The SMILES string of the molecule is N/C(=N\N=C\c1ccc(O)cc1)c1ccccc1. The van der Waals surface area contributed by atoms with E-state index in [2.05, 4.69) is 10.2 Å². The van der Waals surface area contributed by atoms with Gasteiger partial charge in [0.15, 0.2) is 5.84 Å². The summed E-state index contributed by atoms with van der Waals surface area (Å²) in [6.07, 6.45) is 1.58. The summed E-state index contributed by atoms with van der Waals surface area (Å²) in [5.41, 5.74) is 7.46. The predicted octanol–water partition coefficient (Wildman–Crippen LogP) is 2.13. The first-order chi connectivity index (χ1) is 8.75. The van der Waals surface area contributed by atoms with Gasteiger partial charge in [-0.15, -0.1) is 5.10 Å². The first-order valence-corrected chi connectivity index (χ1v) is 5.46. The number of phenolic OH excluding ortho intramolecular Hbond substituents is 1. The summed E-state index contributed by atoms with van der Waals surface area (Å²) in [5, 5.41) is 16.9. The van der Waals surface area contributed by atoms with Crippen molar-refractivity contribution < 1.29 is 5.11 Å². The minimum absolute atomic E-state index is 0.222. The molecule has 2 rings (SSSR count). The summed E-state index contributed by atoms with van der Waals surface area (Å²) < 4.78 is 0. The van der Waals surface area contributed by atoms with Crippen LogP contribution >= 0.6 is 0 Å². The van der Waals surface area contributed by atoms with Gasteiger partial charge in [0.05, 0.1) is 6.21 Å². The van der Waals surface area contributed by atoms with E-state index in [0.717, 1.165) is 11.1 Å². The van der Waals surface area contributed by atoms with Crippen LogP contribution in [-0.2, 0) is 0 Å². The Labute approximate surface area is 105 Å². The highest BCUT2D eigenvalue weighted by Gasteiger charge is 1.94. The molecule has 0 aromatic heterocycles. The van der Waals surface area contributed by atoms with Crippen LogP contribution in [0.25, 0.3) is 0 Å². The van der Waals surface area contributed by atoms with Crippen molar-refractivity contribution in [2.45, 2.75) is 0 Å². The fraction of sp³-hybridized carbons (Fsp3) is 0. The molecule has 4 nitrogen and oxygen atoms in total. The zero-order valence-corrected chi connectivity index (χ0v) is 9.69. The van der Waals surface area contributed by atoms with Gasteiger partial charge >= 0.3 is 0 Å². The molecule has 0 aliphatic heterocycles. The van der Waals surface area contributed by atoms with Gasteiger partial charge in [-0.05, 0) is 29.8 Å². The minimum Gasteiger partial charge on any atom is -0.508 e. The smallest absolute Gasteiger partial charge is 0.153 e. The van der Waals surface area contributed by atoms with Gasteiger partial charge in [-0.3, -0.25) is 0 Å². The molecule has 0 radical (unpaired) electrons. The van der Waals surface area contributed by atoms with Gasteiger partial charge in [-0.2, -0.15) is 5.10 Å². The van der Waals surface area contributed by atoms with Crippen LogP contribution in [0.2, 0.25) is 0 Å². The highest BCUT2D eigenvalue weighted by molar-refractivity contribution is 5.97. The monoisotopic (exact) mass is 239 g/mol. The first kappa shape index (κ1) is 11.9. The molecule has 0 atom stereocenters. The topological polar surface area (TPSA) is 71.0 Å². The minimum atomic E-state index is 0.222. The third-order valence-electron chi connectivity index (χ3n) is 2.33. The fourth-order valence-electron chi connectivity index (χ4n) is 1.38. The molecule has 0 bridgehead atoms. The number of hydrogen-bond acceptors (Lipinski definition) is 3. The lowest BCUT2D eigenvalue weighted by atomic mass is 10.2. The number of rotatable bonds is 3. The second kappa shape index (κ2) is 5.63. The number of phenols is 1. The van der Waals surface area contributed by atoms with Gasteiger partial charge in [0.25, 0.3) is 0 Å². The maximum Gasteiger partial charge on any atom is 0.153 e. The summed E-state index contributed by atoms with van der Waals surface area (Å²) in [6.45, 7) is 0. The van der Waals surface area contributed by atoms with Gasteiger partial charge in [0.1, 0.15) is 5.75 Å². The zero-order valence-electron chi connectivity index (χ0n) is 9.69. The van der Waals surface area contributed by atoms with Crippen molar-refractivity contribution >= 4 is 12.1 Å². The molecule has 4 heteroatoms. The van der Waals surface area contributed by atoms with Crippen molar-refractivity contribution in [3.05, 3.63) is 65.7 Å². The quantitative estimate of drug-likeness (QED) is 0.489. The summed E-state index contributed by atoms with van der Waals surface area (Å²) in [5.74, 6) is 0.588. The average Bonchev–Trinajstić information content (AvgIpc) is 2.42. The second-order valence-electron chi connectivity index (χ2n) is 3.69. The lowest BCUT2D eigenvalue weighted by Crippen LogP contribution is -2.12. The van der Waals surface area contributed by atoms with Gasteiger partial charge in [-0.1, -0.05) is 30.3 Å². The standard InChI is InChI=1S/C14H13N3O/c15-14(12-4-2-1-3-5-12)17-16-10-11-6-8-13(18)9-7-11/h1-10,18H,(H2,15,17)/b16-10+. The maximum absolute atomic E-state index is 9.13. The Bertz CT molecular complexity index is 559. The van der Waals surface area contributed by atoms with Crippen molar-refractivity contribution in [1.82, 2.24) is 0 Å². The Morgan fingerprint density at radius 3 is 2.33 bits per heavy atom. The number of hydrogen-bond donors (Lipinski definition) is 2. The summed E-state index contributed by atoms with van der Waals surface area (Å²) >= 11 is 0. The van der Waals surface area contributed by atoms with E-state index in [1.807, 2.05) is 30.3 Å². The molecule has 0 heterocycles. The molecule has 90 valence electrons. The van der Waals surface area contributed by atoms with Gasteiger partial charge in [-0.25, -0.2) is 0 Å². The Morgan fingerprint density at radius 1 is 1.00 bits per heavy atom. The largest absolute Gasteiger partial charge is 0.508 e. The first-order valence-electron chi connectivity index (χ1n) is 5.46. The Balaban J connectivity index is 2.08. The molecule has 0 aliphatic rings. The lowest BCUT2D eigenvalue weighted by Gasteiger charge is -1.96. The average molecular weight is 239 g/mol. The van der Waals surface area contributed by atoms with Crippen molar-refractivity contribution in [2.24, 2.45) is 15.9 Å². The van der Waals surface area contributed by atoms with E-state index in [4.69, 9.17) is 10.8 Å². The Morgan fingerprint density at radius 2 is 1.67 bits per heavy atom. The van der Waals surface area contributed by atoms with Crippen molar-refractivity contribution in [1.29, 1.82) is 0 Å². The third-order valence-corrected chi connectivity index (χ3v) is 2.33. The Kier molecular flexibility index (Phi) is 3.71. The van der Waals surface area contributed by atoms with E-state index >= 15 is 0 Å². The van der Waals surface area contributed by atoms with Crippen LogP contribution in [0.4, 0.5) is 0 Å².